The normalized spacial score (nSPS) is 11.0. The SMILES string of the molecule is Cn1cc(/C=N\NC(=O)Nc2cccc(Cl)c2)c2ccccc21. The van der Waals surface area contributed by atoms with Gasteiger partial charge in [0, 0.05) is 40.4 Å². The Bertz CT molecular complexity index is 885. The van der Waals surface area contributed by atoms with Crippen molar-refractivity contribution in [1.29, 1.82) is 0 Å². The van der Waals surface area contributed by atoms with E-state index < -0.39 is 6.03 Å². The maximum absolute atomic E-state index is 11.8. The van der Waals surface area contributed by atoms with E-state index in [0.29, 0.717) is 10.7 Å². The van der Waals surface area contributed by atoms with Crippen LogP contribution in [0.3, 0.4) is 0 Å². The van der Waals surface area contributed by atoms with Crippen molar-refractivity contribution >= 4 is 40.4 Å². The van der Waals surface area contributed by atoms with Gasteiger partial charge in [0.05, 0.1) is 6.21 Å². The van der Waals surface area contributed by atoms with Gasteiger partial charge in [0.1, 0.15) is 0 Å². The van der Waals surface area contributed by atoms with Gasteiger partial charge in [-0.1, -0.05) is 35.9 Å². The van der Waals surface area contributed by atoms with Crippen molar-refractivity contribution in [3.63, 3.8) is 0 Å². The van der Waals surface area contributed by atoms with Crippen LogP contribution in [0.2, 0.25) is 5.02 Å². The number of nitrogens with zero attached hydrogens (tertiary/aromatic N) is 2. The second-order valence-electron chi connectivity index (χ2n) is 5.05. The molecule has 0 saturated heterocycles. The summed E-state index contributed by atoms with van der Waals surface area (Å²) in [6.45, 7) is 0. The molecule has 0 aliphatic carbocycles. The van der Waals surface area contributed by atoms with Gasteiger partial charge in [0.25, 0.3) is 0 Å². The first-order valence-electron chi connectivity index (χ1n) is 7.03. The lowest BCUT2D eigenvalue weighted by Crippen LogP contribution is -2.24. The van der Waals surface area contributed by atoms with Crippen LogP contribution in [-0.2, 0) is 7.05 Å². The van der Waals surface area contributed by atoms with Crippen LogP contribution >= 0.6 is 11.6 Å². The number of halogens is 1. The van der Waals surface area contributed by atoms with Crippen LogP contribution in [0.25, 0.3) is 10.9 Å². The highest BCUT2D eigenvalue weighted by Gasteiger charge is 2.04. The summed E-state index contributed by atoms with van der Waals surface area (Å²) in [5, 5.41) is 8.29. The number of fused-ring (bicyclic) bond motifs is 1. The van der Waals surface area contributed by atoms with Gasteiger partial charge < -0.3 is 9.88 Å². The first kappa shape index (κ1) is 15.1. The molecule has 2 amide bonds. The Morgan fingerprint density at radius 2 is 2.04 bits per heavy atom. The number of benzene rings is 2. The van der Waals surface area contributed by atoms with Crippen molar-refractivity contribution in [3.8, 4) is 0 Å². The highest BCUT2D eigenvalue weighted by atomic mass is 35.5. The summed E-state index contributed by atoms with van der Waals surface area (Å²) in [4.78, 5) is 11.8. The number of hydrogen-bond donors (Lipinski definition) is 2. The zero-order valence-corrected chi connectivity index (χ0v) is 13.2. The number of aromatic nitrogens is 1. The van der Waals surface area contributed by atoms with Crippen LogP contribution in [0.1, 0.15) is 5.56 Å². The van der Waals surface area contributed by atoms with Crippen molar-refractivity contribution in [1.82, 2.24) is 9.99 Å². The fraction of sp³-hybridized carbons (Fsp3) is 0.0588. The molecule has 0 radical (unpaired) electrons. The van der Waals surface area contributed by atoms with Gasteiger partial charge in [0.2, 0.25) is 0 Å². The highest BCUT2D eigenvalue weighted by Crippen LogP contribution is 2.18. The molecule has 116 valence electrons. The quantitative estimate of drug-likeness (QED) is 0.555. The van der Waals surface area contributed by atoms with Crippen molar-refractivity contribution in [2.24, 2.45) is 12.1 Å². The van der Waals surface area contributed by atoms with E-state index in [9.17, 15) is 4.79 Å². The molecule has 3 aromatic rings. The molecule has 0 bridgehead atoms. The Labute approximate surface area is 138 Å². The molecule has 0 fully saturated rings. The number of nitrogens with one attached hydrogen (secondary N) is 2. The number of amides is 2. The molecular weight excluding hydrogens is 312 g/mol. The average Bonchev–Trinajstić information content (AvgIpc) is 2.84. The number of hydrazone groups is 1. The predicted molar refractivity (Wildman–Crippen MR) is 94.1 cm³/mol. The summed E-state index contributed by atoms with van der Waals surface area (Å²) < 4.78 is 2.02. The lowest BCUT2D eigenvalue weighted by atomic mass is 10.2. The van der Waals surface area contributed by atoms with E-state index in [-0.39, 0.29) is 0 Å². The number of para-hydroxylation sites is 1. The van der Waals surface area contributed by atoms with Crippen LogP contribution in [0.15, 0.2) is 59.8 Å². The molecule has 0 aliphatic rings. The van der Waals surface area contributed by atoms with Gasteiger partial charge in [-0.25, -0.2) is 10.2 Å². The van der Waals surface area contributed by atoms with Crippen molar-refractivity contribution in [2.75, 3.05) is 5.32 Å². The summed E-state index contributed by atoms with van der Waals surface area (Å²) in [7, 11) is 1.97. The fourth-order valence-electron chi connectivity index (χ4n) is 2.36. The second kappa shape index (κ2) is 6.54. The van der Waals surface area contributed by atoms with Crippen molar-refractivity contribution < 1.29 is 4.79 Å². The molecule has 0 atom stereocenters. The number of aryl methyl sites for hydroxylation is 1. The Morgan fingerprint density at radius 1 is 1.22 bits per heavy atom. The summed E-state index contributed by atoms with van der Waals surface area (Å²) in [5.74, 6) is 0. The Hall–Kier alpha value is -2.79. The Balaban J connectivity index is 1.67. The maximum Gasteiger partial charge on any atom is 0.339 e. The molecule has 3 rings (SSSR count). The summed E-state index contributed by atoms with van der Waals surface area (Å²) in [5.41, 5.74) is 5.09. The Kier molecular flexibility index (Phi) is 4.30. The van der Waals surface area contributed by atoms with Gasteiger partial charge in [-0.2, -0.15) is 5.10 Å². The topological polar surface area (TPSA) is 58.4 Å². The molecule has 0 spiro atoms. The maximum atomic E-state index is 11.8. The average molecular weight is 327 g/mol. The van der Waals surface area contributed by atoms with E-state index in [4.69, 9.17) is 11.6 Å². The van der Waals surface area contributed by atoms with Crippen molar-refractivity contribution in [2.45, 2.75) is 0 Å². The third-order valence-electron chi connectivity index (χ3n) is 3.38. The standard InChI is InChI=1S/C17H15ClN4O/c1-22-11-12(15-7-2-3-8-16(15)22)10-19-21-17(23)20-14-6-4-5-13(18)9-14/h2-11H,1H3,(H2,20,21,23)/b19-10-. The lowest BCUT2D eigenvalue weighted by molar-refractivity contribution is 0.252. The predicted octanol–water partition coefficient (Wildman–Crippen LogP) is 3.99. The summed E-state index contributed by atoms with van der Waals surface area (Å²) in [6.07, 6.45) is 3.59. The number of carbonyl (C=O) groups excluding carboxylic acids is 1. The molecule has 5 nitrogen and oxygen atoms in total. The van der Waals surface area contributed by atoms with Gasteiger partial charge in [-0.05, 0) is 24.3 Å². The minimum Gasteiger partial charge on any atom is -0.350 e. The highest BCUT2D eigenvalue weighted by molar-refractivity contribution is 6.30. The monoisotopic (exact) mass is 326 g/mol. The van der Waals surface area contributed by atoms with Crippen LogP contribution in [0.5, 0.6) is 0 Å². The van der Waals surface area contributed by atoms with E-state index in [1.54, 1.807) is 30.5 Å². The molecule has 0 saturated carbocycles. The second-order valence-corrected chi connectivity index (χ2v) is 5.48. The molecule has 23 heavy (non-hydrogen) atoms. The van der Waals surface area contributed by atoms with Gasteiger partial charge in [0.15, 0.2) is 0 Å². The molecule has 2 aromatic carbocycles. The first-order valence-corrected chi connectivity index (χ1v) is 7.41. The minimum atomic E-state index is -0.427. The van der Waals surface area contributed by atoms with Crippen LogP contribution in [0.4, 0.5) is 10.5 Å². The van der Waals surface area contributed by atoms with Crippen LogP contribution in [0, 0.1) is 0 Å². The zero-order valence-electron chi connectivity index (χ0n) is 12.5. The van der Waals surface area contributed by atoms with E-state index in [0.717, 1.165) is 16.5 Å². The molecule has 0 unspecified atom stereocenters. The van der Waals surface area contributed by atoms with Crippen molar-refractivity contribution in [3.05, 3.63) is 65.3 Å². The third-order valence-corrected chi connectivity index (χ3v) is 3.62. The molecule has 1 heterocycles. The van der Waals surface area contributed by atoms with E-state index >= 15 is 0 Å². The largest absolute Gasteiger partial charge is 0.350 e. The number of hydrogen-bond acceptors (Lipinski definition) is 2. The Morgan fingerprint density at radius 3 is 2.87 bits per heavy atom. The molecule has 2 N–H and O–H groups in total. The number of urea groups is 1. The number of carbonyl (C=O) groups is 1. The van der Waals surface area contributed by atoms with E-state index in [2.05, 4.69) is 15.8 Å². The summed E-state index contributed by atoms with van der Waals surface area (Å²) >= 11 is 5.87. The summed E-state index contributed by atoms with van der Waals surface area (Å²) in [6, 6.07) is 14.5. The van der Waals surface area contributed by atoms with E-state index in [1.807, 2.05) is 42.1 Å². The van der Waals surface area contributed by atoms with Crippen LogP contribution in [-0.4, -0.2) is 16.8 Å². The molecular formula is C17H15ClN4O. The van der Waals surface area contributed by atoms with Gasteiger partial charge >= 0.3 is 6.03 Å². The van der Waals surface area contributed by atoms with Gasteiger partial charge in [-0.3, -0.25) is 0 Å². The smallest absolute Gasteiger partial charge is 0.339 e. The minimum absolute atomic E-state index is 0.427. The molecule has 1 aromatic heterocycles. The number of anilines is 1. The molecule has 0 aliphatic heterocycles. The van der Waals surface area contributed by atoms with E-state index in [1.165, 1.54) is 0 Å². The zero-order chi connectivity index (χ0) is 16.2. The van der Waals surface area contributed by atoms with Gasteiger partial charge in [-0.15, -0.1) is 0 Å². The first-order chi connectivity index (χ1) is 11.1. The fourth-order valence-corrected chi connectivity index (χ4v) is 2.55. The van der Waals surface area contributed by atoms with Crippen LogP contribution < -0.4 is 10.7 Å². The third kappa shape index (κ3) is 3.52. The molecule has 6 heteroatoms. The number of rotatable bonds is 3. The lowest BCUT2D eigenvalue weighted by Gasteiger charge is -2.03.